The average molecular weight is 124 g/mol. The van der Waals surface area contributed by atoms with E-state index in [1.807, 2.05) is 0 Å². The van der Waals surface area contributed by atoms with Crippen LogP contribution in [0, 0.1) is 0 Å². The summed E-state index contributed by atoms with van der Waals surface area (Å²) in [6.07, 6.45) is 1.76. The van der Waals surface area contributed by atoms with E-state index in [2.05, 4.69) is 0 Å². The zero-order valence-electron chi connectivity index (χ0n) is 5.30. The molecule has 1 spiro atoms. The van der Waals surface area contributed by atoms with Gasteiger partial charge in [0.05, 0.1) is 21.1 Å². The Labute approximate surface area is 55.9 Å². The molecule has 0 atom stereocenters. The lowest BCUT2D eigenvalue weighted by molar-refractivity contribution is -0.205. The van der Waals surface area contributed by atoms with E-state index in [9.17, 15) is 0 Å². The van der Waals surface area contributed by atoms with Crippen LogP contribution >= 0.6 is 0 Å². The standard InChI is InChI=1S/C6H9BO2/c7-5-3-6(4-5)8-1-2-9-6/h5H,1-4H2. The second kappa shape index (κ2) is 1.73. The molecule has 1 heterocycles. The summed E-state index contributed by atoms with van der Waals surface area (Å²) in [7, 11) is 5.57. The molecule has 1 saturated heterocycles. The Balaban J connectivity index is 1.95. The van der Waals surface area contributed by atoms with Crippen molar-refractivity contribution in [3.63, 3.8) is 0 Å². The van der Waals surface area contributed by atoms with Crippen molar-refractivity contribution in [2.75, 3.05) is 13.2 Å². The van der Waals surface area contributed by atoms with Crippen LogP contribution in [0.15, 0.2) is 0 Å². The lowest BCUT2D eigenvalue weighted by atomic mass is 9.67. The highest BCUT2D eigenvalue weighted by Gasteiger charge is 2.46. The maximum atomic E-state index is 5.57. The maximum absolute atomic E-state index is 5.57. The van der Waals surface area contributed by atoms with Gasteiger partial charge in [-0.25, -0.2) is 0 Å². The van der Waals surface area contributed by atoms with Crippen molar-refractivity contribution in [1.29, 1.82) is 0 Å². The summed E-state index contributed by atoms with van der Waals surface area (Å²) in [5.74, 6) is 0.0717. The molecule has 48 valence electrons. The fourth-order valence-corrected chi connectivity index (χ4v) is 1.47. The third kappa shape index (κ3) is 0.794. The van der Waals surface area contributed by atoms with E-state index < -0.39 is 0 Å². The molecule has 1 aliphatic heterocycles. The van der Waals surface area contributed by atoms with Gasteiger partial charge in [0, 0.05) is 0 Å². The SMILES string of the molecule is [B]C1CC2(C1)OCCO2. The highest BCUT2D eigenvalue weighted by molar-refractivity contribution is 6.12. The van der Waals surface area contributed by atoms with Crippen LogP contribution in [-0.2, 0) is 9.47 Å². The van der Waals surface area contributed by atoms with Gasteiger partial charge in [-0.15, -0.1) is 0 Å². The molecule has 1 aliphatic carbocycles. The first-order chi connectivity index (χ1) is 4.31. The zero-order chi connectivity index (χ0) is 6.32. The first-order valence-corrected chi connectivity index (χ1v) is 3.34. The van der Waals surface area contributed by atoms with E-state index in [0.29, 0.717) is 5.82 Å². The summed E-state index contributed by atoms with van der Waals surface area (Å²) in [5, 5.41) is 0. The third-order valence-corrected chi connectivity index (χ3v) is 1.96. The molecule has 0 unspecified atom stereocenters. The Kier molecular flexibility index (Phi) is 1.11. The van der Waals surface area contributed by atoms with Crippen LogP contribution in [0.2, 0.25) is 5.82 Å². The van der Waals surface area contributed by atoms with E-state index >= 15 is 0 Å². The number of hydrogen-bond acceptors (Lipinski definition) is 2. The third-order valence-electron chi connectivity index (χ3n) is 1.96. The molecule has 0 aromatic carbocycles. The predicted octanol–water partition coefficient (Wildman–Crippen LogP) is 0.480. The molecule has 2 fully saturated rings. The van der Waals surface area contributed by atoms with Crippen LogP contribution in [0.4, 0.5) is 0 Å². The molecular formula is C6H9BO2. The molecule has 2 rings (SSSR count). The van der Waals surface area contributed by atoms with Gasteiger partial charge < -0.3 is 9.47 Å². The van der Waals surface area contributed by atoms with E-state index in [-0.39, 0.29) is 5.79 Å². The Morgan fingerprint density at radius 3 is 2.22 bits per heavy atom. The van der Waals surface area contributed by atoms with Gasteiger partial charge in [-0.05, 0) is 12.8 Å². The van der Waals surface area contributed by atoms with Crippen LogP contribution in [0.25, 0.3) is 0 Å². The van der Waals surface area contributed by atoms with Gasteiger partial charge in [0.1, 0.15) is 0 Å². The van der Waals surface area contributed by atoms with E-state index in [1.54, 1.807) is 0 Å². The minimum atomic E-state index is -0.237. The Hall–Kier alpha value is -0.0151. The molecule has 0 aromatic heterocycles. The molecule has 2 aliphatic rings. The highest BCUT2D eigenvalue weighted by Crippen LogP contribution is 2.45. The van der Waals surface area contributed by atoms with Gasteiger partial charge in [-0.1, -0.05) is 5.82 Å². The molecule has 0 N–H and O–H groups in total. The quantitative estimate of drug-likeness (QED) is 0.437. The van der Waals surface area contributed by atoms with Crippen molar-refractivity contribution in [2.24, 2.45) is 0 Å². The molecule has 0 bridgehead atoms. The first kappa shape index (κ1) is 5.75. The van der Waals surface area contributed by atoms with Crippen molar-refractivity contribution >= 4 is 7.85 Å². The number of ether oxygens (including phenoxy) is 2. The van der Waals surface area contributed by atoms with Gasteiger partial charge in [-0.2, -0.15) is 0 Å². The second-order valence-corrected chi connectivity index (χ2v) is 2.78. The molecule has 1 saturated carbocycles. The largest absolute Gasteiger partial charge is 0.348 e. The molecule has 0 aromatic rings. The van der Waals surface area contributed by atoms with Crippen molar-refractivity contribution in [3.05, 3.63) is 0 Å². The van der Waals surface area contributed by atoms with E-state index in [0.717, 1.165) is 26.1 Å². The minimum absolute atomic E-state index is 0.237. The summed E-state index contributed by atoms with van der Waals surface area (Å²) < 4.78 is 10.7. The summed E-state index contributed by atoms with van der Waals surface area (Å²) >= 11 is 0. The van der Waals surface area contributed by atoms with Crippen molar-refractivity contribution in [3.8, 4) is 0 Å². The van der Waals surface area contributed by atoms with Crippen LogP contribution in [0.1, 0.15) is 12.8 Å². The monoisotopic (exact) mass is 124 g/mol. The molecule has 3 heteroatoms. The lowest BCUT2D eigenvalue weighted by Gasteiger charge is -2.41. The van der Waals surface area contributed by atoms with Gasteiger partial charge in [0.15, 0.2) is 5.79 Å². The fourth-order valence-electron chi connectivity index (χ4n) is 1.47. The van der Waals surface area contributed by atoms with Crippen LogP contribution in [0.5, 0.6) is 0 Å². The van der Waals surface area contributed by atoms with Crippen molar-refractivity contribution in [1.82, 2.24) is 0 Å². The lowest BCUT2D eigenvalue weighted by Crippen LogP contribution is -2.42. The predicted molar refractivity (Wildman–Crippen MR) is 33.4 cm³/mol. The Morgan fingerprint density at radius 1 is 1.22 bits per heavy atom. The van der Waals surface area contributed by atoms with Crippen LogP contribution in [0.3, 0.4) is 0 Å². The fraction of sp³-hybridized carbons (Fsp3) is 1.00. The summed E-state index contributed by atoms with van der Waals surface area (Å²) in [5.41, 5.74) is 0. The first-order valence-electron chi connectivity index (χ1n) is 3.34. The number of hydrogen-bond donors (Lipinski definition) is 0. The zero-order valence-corrected chi connectivity index (χ0v) is 5.30. The summed E-state index contributed by atoms with van der Waals surface area (Å²) in [4.78, 5) is 0. The minimum Gasteiger partial charge on any atom is -0.348 e. The van der Waals surface area contributed by atoms with E-state index in [4.69, 9.17) is 17.3 Å². The maximum Gasteiger partial charge on any atom is 0.167 e. The topological polar surface area (TPSA) is 18.5 Å². The Morgan fingerprint density at radius 2 is 1.78 bits per heavy atom. The van der Waals surface area contributed by atoms with Gasteiger partial charge in [-0.3, -0.25) is 0 Å². The summed E-state index contributed by atoms with van der Waals surface area (Å²) in [6, 6.07) is 0. The van der Waals surface area contributed by atoms with Crippen LogP contribution < -0.4 is 0 Å². The van der Waals surface area contributed by atoms with Crippen molar-refractivity contribution in [2.45, 2.75) is 24.4 Å². The van der Waals surface area contributed by atoms with Gasteiger partial charge in [0.2, 0.25) is 0 Å². The average Bonchev–Trinajstić information content (AvgIpc) is 2.12. The molecule has 2 nitrogen and oxygen atoms in total. The smallest absolute Gasteiger partial charge is 0.167 e. The number of rotatable bonds is 0. The normalized spacial score (nSPS) is 32.9. The van der Waals surface area contributed by atoms with Gasteiger partial charge >= 0.3 is 0 Å². The highest BCUT2D eigenvalue weighted by atomic mass is 16.7. The summed E-state index contributed by atoms with van der Waals surface area (Å²) in [6.45, 7) is 1.49. The molecular weight excluding hydrogens is 115 g/mol. The van der Waals surface area contributed by atoms with Crippen molar-refractivity contribution < 1.29 is 9.47 Å². The molecule has 9 heavy (non-hydrogen) atoms. The molecule has 2 radical (unpaired) electrons. The molecule has 0 amide bonds. The Bertz CT molecular complexity index is 112. The van der Waals surface area contributed by atoms with Crippen LogP contribution in [-0.4, -0.2) is 26.8 Å². The second-order valence-electron chi connectivity index (χ2n) is 2.78. The van der Waals surface area contributed by atoms with E-state index in [1.165, 1.54) is 0 Å². The van der Waals surface area contributed by atoms with Gasteiger partial charge in [0.25, 0.3) is 0 Å².